The van der Waals surface area contributed by atoms with E-state index in [1.165, 1.54) is 6.92 Å². The van der Waals surface area contributed by atoms with Crippen LogP contribution in [-0.2, 0) is 24.0 Å². The second-order valence-electron chi connectivity index (χ2n) is 6.43. The van der Waals surface area contributed by atoms with Gasteiger partial charge in [-0.1, -0.05) is 0 Å². The molecule has 166 valence electrons. The molecule has 4 atom stereocenters. The predicted octanol–water partition coefficient (Wildman–Crippen LogP) is -3.19. The molecule has 0 saturated heterocycles. The lowest BCUT2D eigenvalue weighted by Crippen LogP contribution is -2.57. The van der Waals surface area contributed by atoms with Gasteiger partial charge in [-0.05, 0) is 32.7 Å². The van der Waals surface area contributed by atoms with E-state index >= 15 is 0 Å². The van der Waals surface area contributed by atoms with Gasteiger partial charge in [0.2, 0.25) is 23.6 Å². The van der Waals surface area contributed by atoms with Crippen molar-refractivity contribution >= 4 is 42.2 Å². The maximum Gasteiger partial charge on any atom is 0.325 e. The summed E-state index contributed by atoms with van der Waals surface area (Å²) in [6, 6.07) is -4.64. The molecule has 10 N–H and O–H groups in total. The molecule has 0 radical (unpaired) electrons. The van der Waals surface area contributed by atoms with E-state index in [9.17, 15) is 24.0 Å². The summed E-state index contributed by atoms with van der Waals surface area (Å²) in [5, 5.41) is 15.9. The largest absolute Gasteiger partial charge is 0.480 e. The van der Waals surface area contributed by atoms with Gasteiger partial charge < -0.3 is 38.3 Å². The lowest BCUT2D eigenvalue weighted by atomic mass is 10.1. The van der Waals surface area contributed by atoms with Crippen LogP contribution in [0.25, 0.3) is 0 Å². The molecule has 0 fully saturated rings. The van der Waals surface area contributed by atoms with E-state index < -0.39 is 60.2 Å². The molecule has 0 aromatic heterocycles. The molecule has 4 amide bonds. The summed E-state index contributed by atoms with van der Waals surface area (Å²) < 4.78 is 0. The summed E-state index contributed by atoms with van der Waals surface area (Å²) >= 11 is 3.89. The highest BCUT2D eigenvalue weighted by molar-refractivity contribution is 7.80. The minimum atomic E-state index is -1.35. The van der Waals surface area contributed by atoms with Crippen LogP contribution >= 0.6 is 12.6 Å². The van der Waals surface area contributed by atoms with Crippen molar-refractivity contribution in [3.63, 3.8) is 0 Å². The zero-order chi connectivity index (χ0) is 22.6. The van der Waals surface area contributed by atoms with Crippen LogP contribution < -0.4 is 33.2 Å². The first-order valence-corrected chi connectivity index (χ1v) is 9.65. The van der Waals surface area contributed by atoms with Gasteiger partial charge in [-0.15, -0.1) is 0 Å². The number of primary amides is 1. The molecule has 4 unspecified atom stereocenters. The molecule has 0 saturated carbocycles. The first-order valence-electron chi connectivity index (χ1n) is 9.02. The summed E-state index contributed by atoms with van der Waals surface area (Å²) in [5.74, 6) is -4.36. The zero-order valence-electron chi connectivity index (χ0n) is 16.2. The van der Waals surface area contributed by atoms with Crippen LogP contribution in [0.3, 0.4) is 0 Å². The van der Waals surface area contributed by atoms with Crippen molar-refractivity contribution in [1.29, 1.82) is 0 Å². The number of hydrogen-bond donors (Lipinski definition) is 8. The van der Waals surface area contributed by atoms with Crippen molar-refractivity contribution in [2.45, 2.75) is 56.8 Å². The molecular formula is C16H30N6O6S. The number of carbonyl (C=O) groups is 5. The topological polar surface area (TPSA) is 220 Å². The lowest BCUT2D eigenvalue weighted by molar-refractivity contribution is -0.142. The van der Waals surface area contributed by atoms with E-state index in [1.54, 1.807) is 0 Å². The van der Waals surface area contributed by atoms with Gasteiger partial charge in [0.25, 0.3) is 0 Å². The van der Waals surface area contributed by atoms with Crippen molar-refractivity contribution in [2.75, 3.05) is 12.3 Å². The first kappa shape index (κ1) is 26.6. The van der Waals surface area contributed by atoms with Crippen LogP contribution in [0.15, 0.2) is 0 Å². The molecule has 0 aromatic rings. The fourth-order valence-corrected chi connectivity index (χ4v) is 2.35. The van der Waals surface area contributed by atoms with Crippen LogP contribution in [0, 0.1) is 0 Å². The van der Waals surface area contributed by atoms with E-state index in [-0.39, 0.29) is 12.2 Å². The summed E-state index contributed by atoms with van der Waals surface area (Å²) in [4.78, 5) is 59.1. The smallest absolute Gasteiger partial charge is 0.325 e. The maximum atomic E-state index is 12.6. The average Bonchev–Trinajstić information content (AvgIpc) is 2.65. The van der Waals surface area contributed by atoms with Crippen molar-refractivity contribution < 1.29 is 29.1 Å². The number of nitrogens with one attached hydrogen (secondary N) is 3. The molecule has 0 heterocycles. The van der Waals surface area contributed by atoms with Gasteiger partial charge in [0, 0.05) is 5.75 Å². The average molecular weight is 435 g/mol. The second-order valence-corrected chi connectivity index (χ2v) is 6.80. The van der Waals surface area contributed by atoms with Crippen molar-refractivity contribution in [3.05, 3.63) is 0 Å². The first-order chi connectivity index (χ1) is 13.5. The number of hydrogen-bond acceptors (Lipinski definition) is 8. The number of carboxylic acid groups (broad SMARTS) is 1. The third-order valence-corrected chi connectivity index (χ3v) is 4.27. The number of amides is 4. The Balaban J connectivity index is 5.30. The minimum Gasteiger partial charge on any atom is -0.480 e. The molecule has 12 nitrogen and oxygen atoms in total. The van der Waals surface area contributed by atoms with Crippen LogP contribution in [0.5, 0.6) is 0 Å². The minimum absolute atomic E-state index is 0.00788. The molecule has 29 heavy (non-hydrogen) atoms. The Bertz CT molecular complexity index is 604. The fourth-order valence-electron chi connectivity index (χ4n) is 2.18. The Hall–Kier alpha value is -2.38. The Morgan fingerprint density at radius 1 is 0.966 bits per heavy atom. The number of thiol groups is 1. The highest BCUT2D eigenvalue weighted by Gasteiger charge is 2.29. The highest BCUT2D eigenvalue weighted by Crippen LogP contribution is 2.04. The van der Waals surface area contributed by atoms with Gasteiger partial charge in [0.15, 0.2) is 0 Å². The summed E-state index contributed by atoms with van der Waals surface area (Å²) in [6.45, 7) is 1.64. The van der Waals surface area contributed by atoms with Crippen LogP contribution in [0.2, 0.25) is 0 Å². The van der Waals surface area contributed by atoms with Crippen LogP contribution in [0.1, 0.15) is 32.6 Å². The predicted molar refractivity (Wildman–Crippen MR) is 108 cm³/mol. The van der Waals surface area contributed by atoms with Crippen molar-refractivity contribution in [1.82, 2.24) is 16.0 Å². The molecule has 0 rings (SSSR count). The number of nitrogens with two attached hydrogens (primary N) is 3. The van der Waals surface area contributed by atoms with Gasteiger partial charge in [-0.25, -0.2) is 0 Å². The van der Waals surface area contributed by atoms with E-state index in [0.717, 1.165) is 0 Å². The SMILES string of the molecule is CC(NC(=O)C(CCCCN)NC(=O)C(CC(N)=O)NC(=O)C(N)CS)C(=O)O. The summed E-state index contributed by atoms with van der Waals surface area (Å²) in [6.07, 6.45) is 0.716. The molecular weight excluding hydrogens is 404 g/mol. The van der Waals surface area contributed by atoms with Gasteiger partial charge in [-0.2, -0.15) is 12.6 Å². The monoisotopic (exact) mass is 434 g/mol. The lowest BCUT2D eigenvalue weighted by Gasteiger charge is -2.24. The molecule has 0 bridgehead atoms. The standard InChI is InChI=1S/C16H30N6O6S/c1-8(16(27)28)20-14(25)10(4-2-3-5-17)21-15(26)11(6-12(19)23)22-13(24)9(18)7-29/h8-11,29H,2-7,17-18H2,1H3,(H2,19,23)(H,20,25)(H,21,26)(H,22,24)(H,27,28). The van der Waals surface area contributed by atoms with E-state index in [4.69, 9.17) is 22.3 Å². The van der Waals surface area contributed by atoms with Crippen molar-refractivity contribution in [3.8, 4) is 0 Å². The van der Waals surface area contributed by atoms with Gasteiger partial charge in [-0.3, -0.25) is 24.0 Å². The second kappa shape index (κ2) is 13.7. The van der Waals surface area contributed by atoms with Gasteiger partial charge in [0.05, 0.1) is 12.5 Å². The molecule has 0 aliphatic rings. The van der Waals surface area contributed by atoms with E-state index in [1.807, 2.05) is 0 Å². The molecule has 0 aromatic carbocycles. The summed E-state index contributed by atoms with van der Waals surface area (Å²) in [7, 11) is 0. The highest BCUT2D eigenvalue weighted by atomic mass is 32.1. The Morgan fingerprint density at radius 2 is 1.52 bits per heavy atom. The van der Waals surface area contributed by atoms with Gasteiger partial charge >= 0.3 is 5.97 Å². The maximum absolute atomic E-state index is 12.6. The van der Waals surface area contributed by atoms with Crippen molar-refractivity contribution in [2.24, 2.45) is 17.2 Å². The number of aliphatic carboxylic acids is 1. The Morgan fingerprint density at radius 3 is 2.00 bits per heavy atom. The number of unbranched alkanes of at least 4 members (excludes halogenated alkanes) is 1. The Labute approximate surface area is 174 Å². The summed E-state index contributed by atoms with van der Waals surface area (Å²) in [5.41, 5.74) is 16.1. The molecule has 0 spiro atoms. The third kappa shape index (κ3) is 10.7. The van der Waals surface area contributed by atoms with Crippen LogP contribution in [0.4, 0.5) is 0 Å². The number of carboxylic acids is 1. The zero-order valence-corrected chi connectivity index (χ0v) is 17.1. The molecule has 13 heteroatoms. The number of rotatable bonds is 14. The molecule has 0 aliphatic carbocycles. The third-order valence-electron chi connectivity index (χ3n) is 3.88. The van der Waals surface area contributed by atoms with Gasteiger partial charge in [0.1, 0.15) is 18.1 Å². The quantitative estimate of drug-likeness (QED) is 0.102. The van der Waals surface area contributed by atoms with E-state index in [2.05, 4.69) is 28.6 Å². The fraction of sp³-hybridized carbons (Fsp3) is 0.688. The Kier molecular flexibility index (Phi) is 12.6. The molecule has 0 aliphatic heterocycles. The number of carbonyl (C=O) groups excluding carboxylic acids is 4. The van der Waals surface area contributed by atoms with E-state index in [0.29, 0.717) is 19.4 Å². The van der Waals surface area contributed by atoms with Crippen LogP contribution in [-0.4, -0.2) is 71.2 Å². The normalized spacial score (nSPS) is 14.8.